The molecule has 172 valence electrons. The van der Waals surface area contributed by atoms with Crippen molar-refractivity contribution >= 4 is 29.9 Å². The van der Waals surface area contributed by atoms with Crippen molar-refractivity contribution in [1.82, 2.24) is 25.4 Å². The number of aliphatic imine (C=N–C) groups is 1. The van der Waals surface area contributed by atoms with Crippen LogP contribution in [0, 0.1) is 6.92 Å². The highest BCUT2D eigenvalue weighted by molar-refractivity contribution is 14.0. The summed E-state index contributed by atoms with van der Waals surface area (Å²) in [6, 6.07) is 4.84. The van der Waals surface area contributed by atoms with Crippen LogP contribution in [0.5, 0.6) is 11.5 Å². The molecule has 1 aromatic heterocycles. The Morgan fingerprint density at radius 1 is 1.32 bits per heavy atom. The molecule has 31 heavy (non-hydrogen) atoms. The molecule has 2 rings (SSSR count). The number of nitrogens with zero attached hydrogens (tertiary/aromatic N) is 4. The Kier molecular flexibility index (Phi) is 11.8. The minimum Gasteiger partial charge on any atom is -0.493 e. The van der Waals surface area contributed by atoms with Crippen molar-refractivity contribution < 1.29 is 18.3 Å². The fraction of sp³-hybridized carbons (Fsp3) is 0.450. The summed E-state index contributed by atoms with van der Waals surface area (Å²) < 4.78 is 37.7. The zero-order valence-corrected chi connectivity index (χ0v) is 20.2. The zero-order valence-electron chi connectivity index (χ0n) is 17.9. The fourth-order valence-electron chi connectivity index (χ4n) is 2.46. The number of benzene rings is 1. The van der Waals surface area contributed by atoms with E-state index >= 15 is 0 Å². The van der Waals surface area contributed by atoms with Gasteiger partial charge in [0.1, 0.15) is 17.3 Å². The number of hydrogen-bond acceptors (Lipinski definition) is 5. The normalized spacial score (nSPS) is 11.1. The summed E-state index contributed by atoms with van der Waals surface area (Å²) >= 11 is 0. The van der Waals surface area contributed by atoms with Gasteiger partial charge in [-0.15, -0.1) is 40.8 Å². The molecule has 0 fully saturated rings. The third kappa shape index (κ3) is 8.67. The molecule has 0 spiro atoms. The lowest BCUT2D eigenvalue weighted by atomic mass is 10.2. The van der Waals surface area contributed by atoms with Crippen LogP contribution in [0.2, 0.25) is 0 Å². The van der Waals surface area contributed by atoms with Gasteiger partial charge in [-0.25, -0.2) is 4.99 Å². The maximum atomic E-state index is 12.8. The van der Waals surface area contributed by atoms with E-state index in [0.717, 1.165) is 18.1 Å². The van der Waals surface area contributed by atoms with Crippen LogP contribution in [-0.2, 0) is 20.1 Å². The number of ether oxygens (including phenoxy) is 2. The Balaban J connectivity index is 0.00000480. The van der Waals surface area contributed by atoms with E-state index in [-0.39, 0.29) is 36.3 Å². The molecule has 0 unspecified atom stereocenters. The number of guanidine groups is 1. The van der Waals surface area contributed by atoms with Crippen LogP contribution >= 0.6 is 24.0 Å². The number of nitrogens with one attached hydrogen (secondary N) is 2. The van der Waals surface area contributed by atoms with Gasteiger partial charge in [-0.2, -0.15) is 8.78 Å². The highest BCUT2D eigenvalue weighted by atomic mass is 127. The molecular formula is C20H29F2IN6O2. The van der Waals surface area contributed by atoms with Gasteiger partial charge in [0.15, 0.2) is 11.8 Å². The highest BCUT2D eigenvalue weighted by Gasteiger charge is 2.12. The summed E-state index contributed by atoms with van der Waals surface area (Å²) in [6.45, 7) is 6.06. The highest BCUT2D eigenvalue weighted by Crippen LogP contribution is 2.27. The van der Waals surface area contributed by atoms with Crippen molar-refractivity contribution in [2.45, 2.75) is 40.0 Å². The molecule has 0 saturated heterocycles. The van der Waals surface area contributed by atoms with E-state index in [1.165, 1.54) is 6.07 Å². The monoisotopic (exact) mass is 550 g/mol. The maximum Gasteiger partial charge on any atom is 0.387 e. The van der Waals surface area contributed by atoms with E-state index in [2.05, 4.69) is 37.1 Å². The first-order valence-electron chi connectivity index (χ1n) is 9.63. The SMILES string of the molecule is C=CCNC(=NCc1ccc(OCCC)cc1OC(F)F)NCc1nnc(C)n1C.I. The molecule has 0 aliphatic rings. The Hall–Kier alpha value is -2.44. The predicted molar refractivity (Wildman–Crippen MR) is 126 cm³/mol. The minimum atomic E-state index is -2.94. The van der Waals surface area contributed by atoms with Crippen LogP contribution in [0.4, 0.5) is 8.78 Å². The molecule has 2 aromatic rings. The second-order valence-corrected chi connectivity index (χ2v) is 6.41. The van der Waals surface area contributed by atoms with E-state index in [1.54, 1.807) is 18.2 Å². The second-order valence-electron chi connectivity index (χ2n) is 6.41. The van der Waals surface area contributed by atoms with E-state index < -0.39 is 6.61 Å². The van der Waals surface area contributed by atoms with Crippen LogP contribution in [0.15, 0.2) is 35.8 Å². The van der Waals surface area contributed by atoms with Crippen molar-refractivity contribution in [3.63, 3.8) is 0 Å². The topological polar surface area (TPSA) is 85.6 Å². The molecule has 0 atom stereocenters. The first-order chi connectivity index (χ1) is 14.4. The van der Waals surface area contributed by atoms with Gasteiger partial charge in [0.2, 0.25) is 0 Å². The van der Waals surface area contributed by atoms with Crippen molar-refractivity contribution in [3.05, 3.63) is 48.1 Å². The number of aromatic nitrogens is 3. The molecule has 2 N–H and O–H groups in total. The zero-order chi connectivity index (χ0) is 21.9. The quantitative estimate of drug-likeness (QED) is 0.193. The summed E-state index contributed by atoms with van der Waals surface area (Å²) in [4.78, 5) is 4.47. The molecule has 0 amide bonds. The molecule has 0 bridgehead atoms. The van der Waals surface area contributed by atoms with E-state index in [9.17, 15) is 8.78 Å². The van der Waals surface area contributed by atoms with Crippen molar-refractivity contribution in [1.29, 1.82) is 0 Å². The summed E-state index contributed by atoms with van der Waals surface area (Å²) in [5.74, 6) is 2.52. The van der Waals surface area contributed by atoms with Gasteiger partial charge in [-0.3, -0.25) is 0 Å². The van der Waals surface area contributed by atoms with E-state index in [0.29, 0.717) is 37.0 Å². The maximum absolute atomic E-state index is 12.8. The van der Waals surface area contributed by atoms with Gasteiger partial charge in [0.05, 0.1) is 19.7 Å². The molecule has 0 radical (unpaired) electrons. The third-order valence-electron chi connectivity index (χ3n) is 4.15. The molecular weight excluding hydrogens is 521 g/mol. The number of rotatable bonds is 11. The van der Waals surface area contributed by atoms with Gasteiger partial charge in [-0.1, -0.05) is 13.0 Å². The number of halogens is 3. The Labute approximate surface area is 198 Å². The summed E-state index contributed by atoms with van der Waals surface area (Å²) in [7, 11) is 1.87. The largest absolute Gasteiger partial charge is 0.493 e. The summed E-state index contributed by atoms with van der Waals surface area (Å²) in [5.41, 5.74) is 0.508. The van der Waals surface area contributed by atoms with Crippen LogP contribution in [-0.4, -0.2) is 40.5 Å². The van der Waals surface area contributed by atoms with Crippen molar-refractivity contribution in [3.8, 4) is 11.5 Å². The minimum absolute atomic E-state index is 0. The first kappa shape index (κ1) is 26.6. The van der Waals surface area contributed by atoms with Gasteiger partial charge >= 0.3 is 6.61 Å². The molecule has 11 heteroatoms. The van der Waals surface area contributed by atoms with E-state index in [4.69, 9.17) is 4.74 Å². The number of hydrogen-bond donors (Lipinski definition) is 2. The Bertz CT molecular complexity index is 860. The van der Waals surface area contributed by atoms with Crippen LogP contribution < -0.4 is 20.1 Å². The van der Waals surface area contributed by atoms with Crippen LogP contribution in [0.1, 0.15) is 30.6 Å². The number of alkyl halides is 2. The van der Waals surface area contributed by atoms with E-state index in [1.807, 2.05) is 25.5 Å². The molecule has 0 aliphatic heterocycles. The average molecular weight is 550 g/mol. The van der Waals surface area contributed by atoms with Gasteiger partial charge in [-0.05, 0) is 25.5 Å². The van der Waals surface area contributed by atoms with Crippen LogP contribution in [0.25, 0.3) is 0 Å². The molecule has 1 aromatic carbocycles. The fourth-order valence-corrected chi connectivity index (χ4v) is 2.46. The van der Waals surface area contributed by atoms with Crippen molar-refractivity contribution in [2.24, 2.45) is 12.0 Å². The third-order valence-corrected chi connectivity index (χ3v) is 4.15. The van der Waals surface area contributed by atoms with Gasteiger partial charge in [0.25, 0.3) is 0 Å². The van der Waals surface area contributed by atoms with Gasteiger partial charge in [0, 0.05) is 25.2 Å². The second kappa shape index (κ2) is 13.8. The lowest BCUT2D eigenvalue weighted by molar-refractivity contribution is -0.0505. The molecule has 8 nitrogen and oxygen atoms in total. The van der Waals surface area contributed by atoms with Gasteiger partial charge < -0.3 is 24.7 Å². The standard InChI is InChI=1S/C20H28F2N6O2.HI/c1-5-9-23-20(25-13-18-27-26-14(3)28(18)4)24-12-15-7-8-16(29-10-6-2)11-17(15)30-19(21)22;/h5,7-8,11,19H,1,6,9-10,12-13H2,2-4H3,(H2,23,24,25);1H. The molecule has 1 heterocycles. The average Bonchev–Trinajstić information content (AvgIpc) is 3.04. The first-order valence-corrected chi connectivity index (χ1v) is 9.63. The molecule has 0 aliphatic carbocycles. The van der Waals surface area contributed by atoms with Crippen molar-refractivity contribution in [2.75, 3.05) is 13.2 Å². The summed E-state index contributed by atoms with van der Waals surface area (Å²) in [6.07, 6.45) is 2.50. The van der Waals surface area contributed by atoms with Crippen LogP contribution in [0.3, 0.4) is 0 Å². The number of aryl methyl sites for hydroxylation is 1. The summed E-state index contributed by atoms with van der Waals surface area (Å²) in [5, 5.41) is 14.3. The lowest BCUT2D eigenvalue weighted by Gasteiger charge is -2.14. The Morgan fingerprint density at radius 2 is 2.10 bits per heavy atom. The molecule has 0 saturated carbocycles. The predicted octanol–water partition coefficient (Wildman–Crippen LogP) is 3.55. The lowest BCUT2D eigenvalue weighted by Crippen LogP contribution is -2.37. The Morgan fingerprint density at radius 3 is 2.71 bits per heavy atom. The smallest absolute Gasteiger partial charge is 0.387 e.